The van der Waals surface area contributed by atoms with Crippen LogP contribution in [-0.2, 0) is 0 Å². The molecule has 0 radical (unpaired) electrons. The number of aryl methyl sites for hydroxylation is 1. The maximum absolute atomic E-state index is 13.7. The van der Waals surface area contributed by atoms with Crippen molar-refractivity contribution in [3.63, 3.8) is 0 Å². The molecule has 2 aromatic heterocycles. The third kappa shape index (κ3) is 4.11. The molecular weight excluding hydrogens is 456 g/mol. The van der Waals surface area contributed by atoms with E-state index < -0.39 is 11.9 Å². The number of nitrogens with zero attached hydrogens (tertiary/aromatic N) is 2. The molecule has 3 heterocycles. The molecule has 1 unspecified atom stereocenters. The first-order valence-corrected chi connectivity index (χ1v) is 12.2. The number of methoxy groups -OCH3 is 1. The van der Waals surface area contributed by atoms with Gasteiger partial charge < -0.3 is 13.9 Å². The lowest BCUT2D eigenvalue weighted by molar-refractivity contribution is 0.0970. The molecule has 2 aromatic carbocycles. The molecule has 0 saturated carbocycles. The van der Waals surface area contributed by atoms with Crippen molar-refractivity contribution in [1.82, 2.24) is 4.98 Å². The molecule has 1 aliphatic rings. The molecule has 0 spiro atoms. The van der Waals surface area contributed by atoms with Gasteiger partial charge >= 0.3 is 0 Å². The number of hydrogen-bond acceptors (Lipinski definition) is 6. The SMILES string of the molecule is CCCCCOc1ccc(C2c3c(oc4ccccc4c3=O)C(=O)N2c2cc(C)ccn2)cc1OC. The van der Waals surface area contributed by atoms with E-state index in [-0.39, 0.29) is 11.2 Å². The molecule has 36 heavy (non-hydrogen) atoms. The molecule has 0 aliphatic carbocycles. The minimum atomic E-state index is -0.731. The van der Waals surface area contributed by atoms with Gasteiger partial charge in [-0.15, -0.1) is 0 Å². The smallest absolute Gasteiger partial charge is 0.296 e. The van der Waals surface area contributed by atoms with E-state index >= 15 is 0 Å². The Morgan fingerprint density at radius 1 is 1.03 bits per heavy atom. The van der Waals surface area contributed by atoms with Gasteiger partial charge in [0.25, 0.3) is 5.91 Å². The molecule has 1 atom stereocenters. The van der Waals surface area contributed by atoms with Gasteiger partial charge in [-0.25, -0.2) is 4.98 Å². The Morgan fingerprint density at radius 2 is 1.86 bits per heavy atom. The van der Waals surface area contributed by atoms with Crippen LogP contribution in [0.2, 0.25) is 0 Å². The van der Waals surface area contributed by atoms with Gasteiger partial charge in [0, 0.05) is 6.20 Å². The first kappa shape index (κ1) is 23.6. The van der Waals surface area contributed by atoms with Crippen LogP contribution in [0.5, 0.6) is 11.5 Å². The molecular formula is C29H28N2O5. The van der Waals surface area contributed by atoms with Gasteiger partial charge in [-0.3, -0.25) is 14.5 Å². The predicted molar refractivity (Wildman–Crippen MR) is 138 cm³/mol. The van der Waals surface area contributed by atoms with Gasteiger partial charge in [0.2, 0.25) is 5.76 Å². The zero-order chi connectivity index (χ0) is 25.2. The number of pyridine rings is 1. The Balaban J connectivity index is 1.66. The topological polar surface area (TPSA) is 81.9 Å². The second-order valence-electron chi connectivity index (χ2n) is 8.91. The van der Waals surface area contributed by atoms with E-state index in [0.717, 1.165) is 24.8 Å². The second kappa shape index (κ2) is 9.85. The molecule has 184 valence electrons. The molecule has 0 N–H and O–H groups in total. The molecule has 7 heteroatoms. The summed E-state index contributed by atoms with van der Waals surface area (Å²) in [5, 5.41) is 0.427. The van der Waals surface area contributed by atoms with Crippen LogP contribution in [0.25, 0.3) is 11.0 Å². The van der Waals surface area contributed by atoms with Crippen molar-refractivity contribution in [3.8, 4) is 11.5 Å². The summed E-state index contributed by atoms with van der Waals surface area (Å²) in [5.41, 5.74) is 2.08. The summed E-state index contributed by atoms with van der Waals surface area (Å²) in [6.07, 6.45) is 4.79. The standard InChI is InChI=1S/C29H28N2O5/c1-4-5-8-15-35-22-12-11-19(17-23(22)34-3)26-25-27(32)20-9-6-7-10-21(20)36-28(25)29(33)31(26)24-16-18(2)13-14-30-24/h6-7,9-14,16-17,26H,4-5,8,15H2,1-3H3. The number of aromatic nitrogens is 1. The lowest BCUT2D eigenvalue weighted by Crippen LogP contribution is -2.30. The molecule has 0 fully saturated rings. The Hall–Kier alpha value is -4.13. The Bertz CT molecular complexity index is 1490. The van der Waals surface area contributed by atoms with Crippen molar-refractivity contribution < 1.29 is 18.7 Å². The summed E-state index contributed by atoms with van der Waals surface area (Å²) in [4.78, 5) is 33.4. The van der Waals surface area contributed by atoms with E-state index in [1.165, 1.54) is 4.90 Å². The average Bonchev–Trinajstić information content (AvgIpc) is 3.19. The highest BCUT2D eigenvalue weighted by molar-refractivity contribution is 6.10. The van der Waals surface area contributed by atoms with E-state index in [0.29, 0.717) is 46.0 Å². The van der Waals surface area contributed by atoms with Crippen LogP contribution in [0.3, 0.4) is 0 Å². The van der Waals surface area contributed by atoms with Crippen LogP contribution in [-0.4, -0.2) is 24.6 Å². The van der Waals surface area contributed by atoms with Crippen LogP contribution in [0.4, 0.5) is 5.82 Å². The van der Waals surface area contributed by atoms with Crippen molar-refractivity contribution in [2.24, 2.45) is 0 Å². The van der Waals surface area contributed by atoms with Crippen LogP contribution in [0.1, 0.15) is 59.5 Å². The number of para-hydroxylation sites is 1. The van der Waals surface area contributed by atoms with E-state index in [2.05, 4.69) is 11.9 Å². The Morgan fingerprint density at radius 3 is 2.64 bits per heavy atom. The minimum absolute atomic E-state index is 0.0332. The van der Waals surface area contributed by atoms with Crippen LogP contribution >= 0.6 is 0 Å². The monoisotopic (exact) mass is 484 g/mol. The van der Waals surface area contributed by atoms with Crippen molar-refractivity contribution in [3.05, 3.63) is 93.5 Å². The highest BCUT2D eigenvalue weighted by Crippen LogP contribution is 2.42. The summed E-state index contributed by atoms with van der Waals surface area (Å²) < 4.78 is 17.6. The largest absolute Gasteiger partial charge is 0.493 e. The van der Waals surface area contributed by atoms with Crippen molar-refractivity contribution in [1.29, 1.82) is 0 Å². The summed E-state index contributed by atoms with van der Waals surface area (Å²) in [5.74, 6) is 1.22. The van der Waals surface area contributed by atoms with Crippen LogP contribution < -0.4 is 19.8 Å². The lowest BCUT2D eigenvalue weighted by atomic mass is 9.98. The first-order chi connectivity index (χ1) is 17.5. The Labute approximate surface area is 209 Å². The zero-order valence-electron chi connectivity index (χ0n) is 20.6. The fourth-order valence-electron chi connectivity index (χ4n) is 4.63. The Kier molecular flexibility index (Phi) is 6.46. The summed E-state index contributed by atoms with van der Waals surface area (Å²) >= 11 is 0. The quantitative estimate of drug-likeness (QED) is 0.293. The molecule has 5 rings (SSSR count). The van der Waals surface area contributed by atoms with Gasteiger partial charge in [-0.05, 0) is 60.9 Å². The number of ether oxygens (including phenoxy) is 2. The number of benzene rings is 2. The number of fused-ring (bicyclic) bond motifs is 2. The van der Waals surface area contributed by atoms with Gasteiger partial charge in [0.1, 0.15) is 11.4 Å². The molecule has 1 aliphatic heterocycles. The number of hydrogen-bond donors (Lipinski definition) is 0. The van der Waals surface area contributed by atoms with Crippen molar-refractivity contribution in [2.75, 3.05) is 18.6 Å². The van der Waals surface area contributed by atoms with E-state index in [1.54, 1.807) is 37.6 Å². The van der Waals surface area contributed by atoms with E-state index in [4.69, 9.17) is 13.9 Å². The van der Waals surface area contributed by atoms with E-state index in [9.17, 15) is 9.59 Å². The third-order valence-electron chi connectivity index (χ3n) is 6.43. The average molecular weight is 485 g/mol. The number of anilines is 1. The number of unbranched alkanes of at least 4 members (excludes halogenated alkanes) is 2. The predicted octanol–water partition coefficient (Wildman–Crippen LogP) is 5.82. The molecule has 4 aromatic rings. The number of carbonyl (C=O) groups excluding carboxylic acids is 1. The molecule has 1 amide bonds. The fourth-order valence-corrected chi connectivity index (χ4v) is 4.63. The molecule has 0 saturated heterocycles. The minimum Gasteiger partial charge on any atom is -0.493 e. The van der Waals surface area contributed by atoms with Crippen LogP contribution in [0.15, 0.2) is 70.0 Å². The summed E-state index contributed by atoms with van der Waals surface area (Å²) in [6.45, 7) is 4.66. The maximum atomic E-state index is 13.7. The maximum Gasteiger partial charge on any atom is 0.296 e. The number of amides is 1. The molecule has 0 bridgehead atoms. The number of rotatable bonds is 8. The molecule has 7 nitrogen and oxygen atoms in total. The van der Waals surface area contributed by atoms with Gasteiger partial charge in [0.05, 0.1) is 30.7 Å². The summed E-state index contributed by atoms with van der Waals surface area (Å²) in [7, 11) is 1.58. The van der Waals surface area contributed by atoms with E-state index in [1.807, 2.05) is 37.3 Å². The fraction of sp³-hybridized carbons (Fsp3) is 0.276. The summed E-state index contributed by atoms with van der Waals surface area (Å²) in [6, 6.07) is 15.4. The first-order valence-electron chi connectivity index (χ1n) is 12.2. The van der Waals surface area contributed by atoms with Crippen molar-refractivity contribution >= 4 is 22.7 Å². The highest BCUT2D eigenvalue weighted by Gasteiger charge is 2.44. The highest BCUT2D eigenvalue weighted by atomic mass is 16.5. The lowest BCUT2D eigenvalue weighted by Gasteiger charge is -2.25. The third-order valence-corrected chi connectivity index (χ3v) is 6.43. The van der Waals surface area contributed by atoms with Crippen LogP contribution in [0, 0.1) is 6.92 Å². The van der Waals surface area contributed by atoms with Gasteiger partial charge in [-0.2, -0.15) is 0 Å². The normalized spacial score (nSPS) is 14.8. The van der Waals surface area contributed by atoms with Gasteiger partial charge in [-0.1, -0.05) is 38.0 Å². The second-order valence-corrected chi connectivity index (χ2v) is 8.91. The number of carbonyl (C=O) groups is 1. The zero-order valence-corrected chi connectivity index (χ0v) is 20.6. The van der Waals surface area contributed by atoms with Gasteiger partial charge in [0.15, 0.2) is 16.9 Å². The van der Waals surface area contributed by atoms with Crippen molar-refractivity contribution in [2.45, 2.75) is 39.2 Å².